The number of likely N-dealkylation sites (N-methyl/N-ethyl adjacent to an activating group) is 2. The molecule has 1 aromatic rings. The lowest BCUT2D eigenvalue weighted by molar-refractivity contribution is -0.136. The van der Waals surface area contributed by atoms with E-state index in [1.54, 1.807) is 11.9 Å². The lowest BCUT2D eigenvalue weighted by atomic mass is 10.1. The number of anilines is 1. The fraction of sp³-hybridized carbons (Fsp3) is 0.450. The highest BCUT2D eigenvalue weighted by molar-refractivity contribution is 6.10. The molecule has 3 amide bonds. The van der Waals surface area contributed by atoms with Crippen LogP contribution >= 0.6 is 0 Å². The van der Waals surface area contributed by atoms with E-state index in [9.17, 15) is 9.59 Å². The lowest BCUT2D eigenvalue weighted by Gasteiger charge is -2.40. The molecule has 7 heteroatoms. The Morgan fingerprint density at radius 2 is 1.63 bits per heavy atom. The molecule has 0 bridgehead atoms. The van der Waals surface area contributed by atoms with Crippen molar-refractivity contribution in [3.63, 3.8) is 0 Å². The molecule has 4 rings (SSSR count). The van der Waals surface area contributed by atoms with Gasteiger partial charge in [-0.25, -0.2) is 9.79 Å². The predicted octanol–water partition coefficient (Wildman–Crippen LogP) is 2.66. The summed E-state index contributed by atoms with van der Waals surface area (Å²) in [5.74, 6) is 0.537. The molecule has 0 radical (unpaired) electrons. The minimum Gasteiger partial charge on any atom is -0.302 e. The molecule has 1 fully saturated rings. The van der Waals surface area contributed by atoms with Crippen molar-refractivity contribution in [3.05, 3.63) is 40.7 Å². The van der Waals surface area contributed by atoms with Gasteiger partial charge in [-0.2, -0.15) is 0 Å². The van der Waals surface area contributed by atoms with E-state index in [0.717, 1.165) is 23.0 Å². The van der Waals surface area contributed by atoms with E-state index >= 15 is 0 Å². The minimum absolute atomic E-state index is 0.182. The first-order valence-electron chi connectivity index (χ1n) is 9.27. The zero-order chi connectivity index (χ0) is 19.6. The van der Waals surface area contributed by atoms with Gasteiger partial charge < -0.3 is 4.90 Å². The van der Waals surface area contributed by atoms with Crippen LogP contribution in [-0.4, -0.2) is 58.4 Å². The third-order valence-corrected chi connectivity index (χ3v) is 5.67. The first-order chi connectivity index (χ1) is 12.8. The average Bonchev–Trinajstić information content (AvgIpc) is 3.09. The summed E-state index contributed by atoms with van der Waals surface area (Å²) in [5, 5.41) is 0. The van der Waals surface area contributed by atoms with Gasteiger partial charge in [0.15, 0.2) is 12.2 Å². The van der Waals surface area contributed by atoms with Crippen LogP contribution in [0.4, 0.5) is 10.5 Å². The molecule has 1 aromatic carbocycles. The highest BCUT2D eigenvalue weighted by atomic mass is 16.2. The number of carbonyl (C=O) groups excluding carboxylic acids is 2. The fourth-order valence-corrected chi connectivity index (χ4v) is 4.29. The van der Waals surface area contributed by atoms with E-state index in [2.05, 4.69) is 36.9 Å². The van der Waals surface area contributed by atoms with E-state index < -0.39 is 12.2 Å². The number of carbonyl (C=O) groups is 2. The molecule has 0 saturated carbocycles. The predicted molar refractivity (Wildman–Crippen MR) is 104 cm³/mol. The number of fused-ring (bicyclic) bond motifs is 3. The van der Waals surface area contributed by atoms with Crippen molar-refractivity contribution in [1.82, 2.24) is 14.7 Å². The smallest absolute Gasteiger partial charge is 0.302 e. The number of amides is 3. The van der Waals surface area contributed by atoms with E-state index in [4.69, 9.17) is 4.99 Å². The Bertz CT molecular complexity index is 899. The third kappa shape index (κ3) is 2.30. The maximum atomic E-state index is 13.1. The first-order valence-corrected chi connectivity index (χ1v) is 9.27. The van der Waals surface area contributed by atoms with Crippen molar-refractivity contribution in [2.75, 3.05) is 18.5 Å². The largest absolute Gasteiger partial charge is 0.328 e. The van der Waals surface area contributed by atoms with E-state index in [-0.39, 0.29) is 11.9 Å². The number of aliphatic imine (C=N–C) groups is 1. The van der Waals surface area contributed by atoms with Gasteiger partial charge in [0.2, 0.25) is 5.96 Å². The topological polar surface area (TPSA) is 59.5 Å². The number of nitrogens with zero attached hydrogens (tertiary/aromatic N) is 5. The molecule has 2 unspecified atom stereocenters. The number of rotatable bonds is 2. The highest BCUT2D eigenvalue weighted by Gasteiger charge is 2.55. The SMILES string of the molecule is CCN1C(=O)C2C(N=C3N(c4cc(C)cc(C)c4)C(C)=C(C)N32)N(C)C1=O. The quantitative estimate of drug-likeness (QED) is 0.806. The maximum Gasteiger partial charge on any atom is 0.328 e. The zero-order valence-electron chi connectivity index (χ0n) is 16.6. The van der Waals surface area contributed by atoms with Crippen LogP contribution in [0.1, 0.15) is 31.9 Å². The van der Waals surface area contributed by atoms with Crippen molar-refractivity contribution in [3.8, 4) is 0 Å². The van der Waals surface area contributed by atoms with Crippen LogP contribution in [0.2, 0.25) is 0 Å². The van der Waals surface area contributed by atoms with Crippen LogP contribution in [-0.2, 0) is 4.79 Å². The standard InChI is InChI=1S/C20H25N5O2/c1-7-23-18(26)16-17(22(6)20(23)27)21-19-24(13(4)14(5)25(16)19)15-9-11(2)8-12(3)10-15/h8-10,16-17H,7H2,1-6H3. The van der Waals surface area contributed by atoms with Gasteiger partial charge in [-0.1, -0.05) is 6.07 Å². The van der Waals surface area contributed by atoms with Gasteiger partial charge in [-0.3, -0.25) is 19.5 Å². The number of benzene rings is 1. The van der Waals surface area contributed by atoms with Gasteiger partial charge in [-0.15, -0.1) is 0 Å². The van der Waals surface area contributed by atoms with Crippen LogP contribution in [0.25, 0.3) is 0 Å². The molecule has 1 saturated heterocycles. The summed E-state index contributed by atoms with van der Waals surface area (Å²) in [6.07, 6.45) is -0.501. The number of hydrogen-bond acceptors (Lipinski definition) is 5. The number of imide groups is 1. The fourth-order valence-electron chi connectivity index (χ4n) is 4.29. The molecule has 0 aliphatic carbocycles. The Morgan fingerprint density at radius 1 is 1.00 bits per heavy atom. The number of guanidine groups is 1. The second-order valence-corrected chi connectivity index (χ2v) is 7.49. The first kappa shape index (κ1) is 17.6. The molecule has 0 spiro atoms. The van der Waals surface area contributed by atoms with E-state index in [0.29, 0.717) is 6.54 Å². The summed E-state index contributed by atoms with van der Waals surface area (Å²) < 4.78 is 0. The van der Waals surface area contributed by atoms with Crippen molar-refractivity contribution in [2.24, 2.45) is 4.99 Å². The summed E-state index contributed by atoms with van der Waals surface area (Å²) in [4.78, 5) is 37.4. The van der Waals surface area contributed by atoms with E-state index in [1.165, 1.54) is 16.0 Å². The Labute approximate surface area is 159 Å². The molecule has 7 nitrogen and oxygen atoms in total. The summed E-state index contributed by atoms with van der Waals surface area (Å²) in [7, 11) is 1.72. The number of allylic oxidation sites excluding steroid dienone is 2. The second kappa shape index (κ2) is 5.84. The van der Waals surface area contributed by atoms with Crippen LogP contribution in [0.5, 0.6) is 0 Å². The van der Waals surface area contributed by atoms with Crippen molar-refractivity contribution in [1.29, 1.82) is 0 Å². The van der Waals surface area contributed by atoms with Crippen molar-refractivity contribution >= 4 is 23.6 Å². The number of aryl methyl sites for hydroxylation is 2. The summed E-state index contributed by atoms with van der Waals surface area (Å²) in [6.45, 7) is 10.4. The van der Waals surface area contributed by atoms with Crippen LogP contribution in [0.15, 0.2) is 34.6 Å². The maximum absolute atomic E-state index is 13.1. The molecular weight excluding hydrogens is 342 g/mol. The van der Waals surface area contributed by atoms with Crippen LogP contribution in [0.3, 0.4) is 0 Å². The van der Waals surface area contributed by atoms with Crippen molar-refractivity contribution < 1.29 is 9.59 Å². The Kier molecular flexibility index (Phi) is 3.80. The molecule has 27 heavy (non-hydrogen) atoms. The summed E-state index contributed by atoms with van der Waals surface area (Å²) in [5.41, 5.74) is 5.41. The van der Waals surface area contributed by atoms with Gasteiger partial charge in [0.1, 0.15) is 0 Å². The second-order valence-electron chi connectivity index (χ2n) is 7.49. The molecule has 142 valence electrons. The molecule has 3 aliphatic heterocycles. The van der Waals surface area contributed by atoms with Crippen LogP contribution < -0.4 is 4.90 Å². The molecule has 2 atom stereocenters. The van der Waals surface area contributed by atoms with Gasteiger partial charge >= 0.3 is 6.03 Å². The summed E-state index contributed by atoms with van der Waals surface area (Å²) >= 11 is 0. The summed E-state index contributed by atoms with van der Waals surface area (Å²) in [6, 6.07) is 5.58. The Morgan fingerprint density at radius 3 is 2.22 bits per heavy atom. The normalized spacial score (nSPS) is 24.7. The van der Waals surface area contributed by atoms with Crippen molar-refractivity contribution in [2.45, 2.75) is 46.8 Å². The van der Waals surface area contributed by atoms with Gasteiger partial charge in [0, 0.05) is 30.7 Å². The third-order valence-electron chi connectivity index (χ3n) is 5.67. The molecule has 3 aliphatic rings. The molecule has 0 aromatic heterocycles. The minimum atomic E-state index is -0.506. The molecule has 3 heterocycles. The molecule has 0 N–H and O–H groups in total. The number of urea groups is 1. The van der Waals surface area contributed by atoms with Gasteiger partial charge in [0.05, 0.1) is 0 Å². The lowest BCUT2D eigenvalue weighted by Crippen LogP contribution is -2.64. The monoisotopic (exact) mass is 367 g/mol. The Hall–Kier alpha value is -2.83. The Balaban J connectivity index is 1.82. The zero-order valence-corrected chi connectivity index (χ0v) is 16.6. The number of hydrogen-bond donors (Lipinski definition) is 0. The van der Waals surface area contributed by atoms with Gasteiger partial charge in [0.25, 0.3) is 5.91 Å². The van der Waals surface area contributed by atoms with Gasteiger partial charge in [-0.05, 0) is 57.9 Å². The molecular formula is C20H25N5O2. The average molecular weight is 367 g/mol. The van der Waals surface area contributed by atoms with Crippen LogP contribution in [0, 0.1) is 13.8 Å². The van der Waals surface area contributed by atoms with E-state index in [1.807, 2.05) is 25.7 Å². The highest BCUT2D eigenvalue weighted by Crippen LogP contribution is 2.40.